The second kappa shape index (κ2) is 5.94. The number of benzene rings is 2. The Labute approximate surface area is 122 Å². The van der Waals surface area contributed by atoms with E-state index in [9.17, 15) is 4.55 Å². The van der Waals surface area contributed by atoms with Gasteiger partial charge in [-0.3, -0.25) is 0 Å². The van der Waals surface area contributed by atoms with Crippen LogP contribution in [0.3, 0.4) is 0 Å². The SMILES string of the molecule is COc1c[c]([Na])ccc1[S+]([O-])c1ccccc1. The van der Waals surface area contributed by atoms with Crippen LogP contribution >= 0.6 is 0 Å². The molecule has 0 bridgehead atoms. The third kappa shape index (κ3) is 3.06. The predicted molar refractivity (Wildman–Crippen MR) is 69.5 cm³/mol. The molecule has 4 heteroatoms. The van der Waals surface area contributed by atoms with Crippen LogP contribution in [0, 0.1) is 0 Å². The van der Waals surface area contributed by atoms with Gasteiger partial charge in [0.2, 0.25) is 0 Å². The Morgan fingerprint density at radius 2 is 1.82 bits per heavy atom. The molecule has 0 aliphatic rings. The Balaban J connectivity index is 2.40. The normalized spacial score (nSPS) is 12.2. The van der Waals surface area contributed by atoms with E-state index in [0.29, 0.717) is 5.75 Å². The maximum atomic E-state index is 12.4. The summed E-state index contributed by atoms with van der Waals surface area (Å²) in [7, 11) is 1.61. The molecule has 0 aliphatic carbocycles. The number of methoxy groups -OCH3 is 1. The second-order valence-electron chi connectivity index (χ2n) is 3.74. The average Bonchev–Trinajstić information content (AvgIpc) is 2.39. The summed E-state index contributed by atoms with van der Waals surface area (Å²) in [6, 6.07) is 15.3. The van der Waals surface area contributed by atoms with Crippen LogP contribution in [0.15, 0.2) is 58.3 Å². The van der Waals surface area contributed by atoms with E-state index in [2.05, 4.69) is 0 Å². The van der Waals surface area contributed by atoms with E-state index < -0.39 is 11.2 Å². The number of ether oxygens (including phenoxy) is 1. The standard InChI is InChI=1S/C13H11O2S.Na/c1-15-12-9-5-6-10-13(12)16(14)11-7-3-2-4-8-11;/h2-4,6-10H,1H3;. The van der Waals surface area contributed by atoms with Crippen molar-refractivity contribution in [2.24, 2.45) is 0 Å². The maximum absolute atomic E-state index is 12.4. The number of rotatable bonds is 3. The zero-order chi connectivity index (χ0) is 12.3. The summed E-state index contributed by atoms with van der Waals surface area (Å²) in [6.45, 7) is 0. The number of hydrogen-bond donors (Lipinski definition) is 0. The molecule has 17 heavy (non-hydrogen) atoms. The van der Waals surface area contributed by atoms with Gasteiger partial charge < -0.3 is 0 Å². The van der Waals surface area contributed by atoms with Gasteiger partial charge in [-0.1, -0.05) is 0 Å². The van der Waals surface area contributed by atoms with Gasteiger partial charge in [-0.2, -0.15) is 0 Å². The van der Waals surface area contributed by atoms with E-state index in [-0.39, 0.29) is 0 Å². The van der Waals surface area contributed by atoms with Gasteiger partial charge in [0.25, 0.3) is 0 Å². The molecule has 2 rings (SSSR count). The van der Waals surface area contributed by atoms with Crippen molar-refractivity contribution in [2.45, 2.75) is 9.79 Å². The van der Waals surface area contributed by atoms with Crippen LogP contribution in [0.25, 0.3) is 0 Å². The molecule has 0 aromatic heterocycles. The zero-order valence-electron chi connectivity index (χ0n) is 9.84. The minimum absolute atomic E-state index is 0.708. The fraction of sp³-hybridized carbons (Fsp3) is 0.0769. The van der Waals surface area contributed by atoms with Crippen LogP contribution in [-0.4, -0.2) is 39.6 Å². The van der Waals surface area contributed by atoms with E-state index in [1.54, 1.807) is 7.11 Å². The van der Waals surface area contributed by atoms with Gasteiger partial charge in [-0.25, -0.2) is 0 Å². The van der Waals surface area contributed by atoms with Crippen molar-refractivity contribution in [3.8, 4) is 5.75 Å². The molecule has 0 aliphatic heterocycles. The van der Waals surface area contributed by atoms with Crippen molar-refractivity contribution in [3.05, 3.63) is 48.5 Å². The van der Waals surface area contributed by atoms with Crippen LogP contribution < -0.4 is 7.55 Å². The monoisotopic (exact) mass is 254 g/mol. The summed E-state index contributed by atoms with van der Waals surface area (Å²) in [5.41, 5.74) is 0. The summed E-state index contributed by atoms with van der Waals surface area (Å²) in [6.07, 6.45) is 0. The van der Waals surface area contributed by atoms with Gasteiger partial charge >= 0.3 is 122 Å². The molecule has 0 saturated carbocycles. The van der Waals surface area contributed by atoms with E-state index in [1.807, 2.05) is 48.5 Å². The Morgan fingerprint density at radius 3 is 2.47 bits per heavy atom. The predicted octanol–water partition coefficient (Wildman–Crippen LogP) is 1.66. The van der Waals surface area contributed by atoms with Gasteiger partial charge in [0, 0.05) is 0 Å². The molecule has 2 nitrogen and oxygen atoms in total. The third-order valence-electron chi connectivity index (χ3n) is 2.48. The van der Waals surface area contributed by atoms with Crippen LogP contribution in [0.4, 0.5) is 0 Å². The Morgan fingerprint density at radius 1 is 1.12 bits per heavy atom. The molecule has 2 aromatic rings. The molecular formula is C13H11NaO2S. The quantitative estimate of drug-likeness (QED) is 0.616. The summed E-state index contributed by atoms with van der Waals surface area (Å²) >= 11 is -0.214. The van der Waals surface area contributed by atoms with Crippen molar-refractivity contribution in [1.82, 2.24) is 0 Å². The fourth-order valence-electron chi connectivity index (χ4n) is 1.60. The van der Waals surface area contributed by atoms with Crippen LogP contribution in [-0.2, 0) is 11.2 Å². The molecule has 0 spiro atoms. The second-order valence-corrected chi connectivity index (χ2v) is 6.34. The molecule has 0 N–H and O–H groups in total. The summed E-state index contributed by atoms with van der Waals surface area (Å²) < 4.78 is 18.9. The summed E-state index contributed by atoms with van der Waals surface area (Å²) in [5.74, 6) is 0.708. The van der Waals surface area contributed by atoms with Crippen molar-refractivity contribution in [2.75, 3.05) is 7.11 Å². The first-order valence-corrected chi connectivity index (χ1v) is 7.49. The van der Waals surface area contributed by atoms with E-state index >= 15 is 0 Å². The molecule has 0 heterocycles. The molecule has 0 saturated heterocycles. The van der Waals surface area contributed by atoms with Gasteiger partial charge in [-0.15, -0.1) is 0 Å². The fourth-order valence-corrected chi connectivity index (χ4v) is 3.20. The molecule has 1 atom stereocenters. The Kier molecular flexibility index (Phi) is 4.54. The summed E-state index contributed by atoms with van der Waals surface area (Å²) in [5, 5.41) is 0. The van der Waals surface area contributed by atoms with Crippen LogP contribution in [0.2, 0.25) is 0 Å². The summed E-state index contributed by atoms with van der Waals surface area (Å²) in [4.78, 5) is 1.53. The van der Waals surface area contributed by atoms with Crippen molar-refractivity contribution < 1.29 is 9.29 Å². The molecule has 2 aromatic carbocycles. The minimum atomic E-state index is -1.18. The van der Waals surface area contributed by atoms with Gasteiger partial charge in [-0.05, 0) is 0 Å². The van der Waals surface area contributed by atoms with Gasteiger partial charge in [0.1, 0.15) is 0 Å². The van der Waals surface area contributed by atoms with E-state index in [1.165, 1.54) is 2.81 Å². The van der Waals surface area contributed by atoms with Gasteiger partial charge in [0.15, 0.2) is 0 Å². The molecular weight excluding hydrogens is 243 g/mol. The Hall–Kier alpha value is -0.450. The van der Waals surface area contributed by atoms with E-state index in [4.69, 9.17) is 4.74 Å². The zero-order valence-corrected chi connectivity index (χ0v) is 12.7. The first-order chi connectivity index (χ1) is 8.22. The van der Waals surface area contributed by atoms with E-state index in [0.717, 1.165) is 37.7 Å². The molecule has 0 amide bonds. The first-order valence-electron chi connectivity index (χ1n) is 5.34. The molecule has 0 radical (unpaired) electrons. The topological polar surface area (TPSA) is 32.3 Å². The van der Waals surface area contributed by atoms with Crippen LogP contribution in [0.5, 0.6) is 5.75 Å². The average molecular weight is 254 g/mol. The van der Waals surface area contributed by atoms with Crippen molar-refractivity contribution >= 4 is 41.9 Å². The molecule has 82 valence electrons. The third-order valence-corrected chi connectivity index (χ3v) is 4.54. The first kappa shape index (κ1) is 13.0. The molecule has 0 fully saturated rings. The number of hydrogen-bond acceptors (Lipinski definition) is 2. The Bertz CT molecular complexity index is 502. The van der Waals surface area contributed by atoms with Crippen molar-refractivity contribution in [1.29, 1.82) is 0 Å². The van der Waals surface area contributed by atoms with Crippen molar-refractivity contribution in [3.63, 3.8) is 0 Å². The molecule has 1 unspecified atom stereocenters. The van der Waals surface area contributed by atoms with Crippen LogP contribution in [0.1, 0.15) is 0 Å². The van der Waals surface area contributed by atoms with Gasteiger partial charge in [0.05, 0.1) is 0 Å².